The van der Waals surface area contributed by atoms with Gasteiger partial charge in [-0.15, -0.1) is 0 Å². The molecule has 2 aliphatic carbocycles. The number of amides is 1. The summed E-state index contributed by atoms with van der Waals surface area (Å²) < 4.78 is 2.02. The topological polar surface area (TPSA) is 70.5 Å². The third-order valence-electron chi connectivity index (χ3n) is 10.4. The Balaban J connectivity index is 1.24. The van der Waals surface area contributed by atoms with Crippen molar-refractivity contribution < 1.29 is 4.79 Å². The van der Waals surface area contributed by atoms with Crippen molar-refractivity contribution in [3.63, 3.8) is 0 Å². The zero-order chi connectivity index (χ0) is 25.3. The van der Waals surface area contributed by atoms with Crippen LogP contribution in [0.2, 0.25) is 0 Å². The lowest BCUT2D eigenvalue weighted by Crippen LogP contribution is -2.58. The van der Waals surface area contributed by atoms with Crippen molar-refractivity contribution in [3.05, 3.63) is 34.6 Å². The number of rotatable bonds is 3. The lowest BCUT2D eigenvalue weighted by molar-refractivity contribution is -0.121. The van der Waals surface area contributed by atoms with Crippen molar-refractivity contribution in [3.8, 4) is 0 Å². The number of para-hydroxylation sites is 2. The third-order valence-corrected chi connectivity index (χ3v) is 10.4. The highest BCUT2D eigenvalue weighted by Crippen LogP contribution is 2.47. The van der Waals surface area contributed by atoms with Gasteiger partial charge in [-0.1, -0.05) is 37.8 Å². The summed E-state index contributed by atoms with van der Waals surface area (Å²) in [5.74, 6) is 2.05. The van der Waals surface area contributed by atoms with Crippen LogP contribution in [0.25, 0.3) is 11.0 Å². The lowest BCUT2D eigenvalue weighted by Gasteiger charge is -2.55. The summed E-state index contributed by atoms with van der Waals surface area (Å²) in [5, 5.41) is 3.24. The van der Waals surface area contributed by atoms with Crippen LogP contribution in [0.1, 0.15) is 90.5 Å². The van der Waals surface area contributed by atoms with Crippen LogP contribution in [0.5, 0.6) is 0 Å². The fourth-order valence-electron chi connectivity index (χ4n) is 8.75. The molecule has 7 heteroatoms. The second-order valence-corrected chi connectivity index (χ2v) is 13.1. The van der Waals surface area contributed by atoms with E-state index in [9.17, 15) is 9.59 Å². The first-order valence-corrected chi connectivity index (χ1v) is 14.7. The maximum absolute atomic E-state index is 14.1. The van der Waals surface area contributed by atoms with Gasteiger partial charge in [0.2, 0.25) is 11.7 Å². The summed E-state index contributed by atoms with van der Waals surface area (Å²) in [6, 6.07) is 9.97. The number of hydrogen-bond donors (Lipinski definition) is 1. The molecule has 3 aliphatic heterocycles. The molecule has 198 valence electrons. The van der Waals surface area contributed by atoms with Crippen LogP contribution in [-0.2, 0) is 4.79 Å². The second kappa shape index (κ2) is 8.91. The molecule has 5 fully saturated rings. The molecule has 2 aromatic rings. The monoisotopic (exact) mass is 503 g/mol. The van der Waals surface area contributed by atoms with Gasteiger partial charge in [-0.05, 0) is 82.8 Å². The minimum absolute atomic E-state index is 0.0894. The molecule has 3 saturated heterocycles. The second-order valence-electron chi connectivity index (χ2n) is 13.1. The van der Waals surface area contributed by atoms with Crippen LogP contribution in [-0.4, -0.2) is 50.7 Å². The largest absolute Gasteiger partial charge is 0.300 e. The highest BCUT2D eigenvalue weighted by molar-refractivity contribution is 6.01. The fraction of sp³-hybridized carbons (Fsp3) is 0.700. The summed E-state index contributed by atoms with van der Waals surface area (Å²) in [7, 11) is 0. The number of hydrogen-bond acceptors (Lipinski definition) is 5. The molecule has 1 amide bonds. The minimum Gasteiger partial charge on any atom is -0.300 e. The number of nitrogens with zero attached hydrogens (tertiary/aromatic N) is 4. The molecule has 5 aliphatic rings. The normalized spacial score (nSPS) is 35.7. The highest BCUT2D eigenvalue weighted by Gasteiger charge is 2.46. The molecule has 1 N–H and O–H groups in total. The molecule has 4 heterocycles. The van der Waals surface area contributed by atoms with E-state index in [0.717, 1.165) is 41.8 Å². The summed E-state index contributed by atoms with van der Waals surface area (Å²) in [6.07, 6.45) is 14.4. The van der Waals surface area contributed by atoms with Gasteiger partial charge in [0.25, 0.3) is 5.56 Å². The summed E-state index contributed by atoms with van der Waals surface area (Å²) in [4.78, 5) is 36.5. The van der Waals surface area contributed by atoms with Gasteiger partial charge < -0.3 is 4.57 Å². The molecule has 2 unspecified atom stereocenters. The number of fused-ring (bicyclic) bond motifs is 5. The number of piperidine rings is 2. The van der Waals surface area contributed by atoms with Gasteiger partial charge in [-0.2, -0.15) is 0 Å². The van der Waals surface area contributed by atoms with Gasteiger partial charge in [-0.25, -0.2) is 4.98 Å². The van der Waals surface area contributed by atoms with Crippen LogP contribution in [0, 0.1) is 11.8 Å². The lowest BCUT2D eigenvalue weighted by atomic mass is 9.68. The minimum atomic E-state index is -0.689. The van der Waals surface area contributed by atoms with Gasteiger partial charge in [0.1, 0.15) is 0 Å². The molecule has 37 heavy (non-hydrogen) atoms. The Morgan fingerprint density at radius 1 is 0.838 bits per heavy atom. The Hall–Kier alpha value is -2.25. The highest BCUT2D eigenvalue weighted by atomic mass is 16.2. The average molecular weight is 504 g/mol. The first kappa shape index (κ1) is 23.8. The Bertz CT molecular complexity index is 1240. The predicted molar refractivity (Wildman–Crippen MR) is 146 cm³/mol. The van der Waals surface area contributed by atoms with Crippen molar-refractivity contribution >= 4 is 22.8 Å². The van der Waals surface area contributed by atoms with E-state index < -0.39 is 5.54 Å². The number of benzene rings is 1. The maximum atomic E-state index is 14.1. The van der Waals surface area contributed by atoms with Crippen LogP contribution in [0.15, 0.2) is 29.1 Å². The molecule has 7 nitrogen and oxygen atoms in total. The molecular formula is C30H41N5O2. The van der Waals surface area contributed by atoms with Gasteiger partial charge in [0.15, 0.2) is 0 Å². The Kier molecular flexibility index (Phi) is 5.74. The first-order valence-electron chi connectivity index (χ1n) is 14.7. The molecule has 2 saturated carbocycles. The van der Waals surface area contributed by atoms with E-state index in [1.165, 1.54) is 57.8 Å². The summed E-state index contributed by atoms with van der Waals surface area (Å²) in [6.45, 7) is 4.05. The smallest absolute Gasteiger partial charge is 0.294 e. The third kappa shape index (κ3) is 3.95. The van der Waals surface area contributed by atoms with Crippen molar-refractivity contribution in [1.82, 2.24) is 19.8 Å². The van der Waals surface area contributed by atoms with Gasteiger partial charge in [0.05, 0.1) is 23.2 Å². The number of carbonyl (C=O) groups excluding carboxylic acids is 1. The van der Waals surface area contributed by atoms with Crippen LogP contribution in [0.3, 0.4) is 0 Å². The Labute approximate surface area is 219 Å². The average Bonchev–Trinajstić information content (AvgIpc) is 3.14. The van der Waals surface area contributed by atoms with E-state index in [-0.39, 0.29) is 23.3 Å². The molecule has 7 rings (SSSR count). The SMILES string of the molecule is CC1(C)NCN(c2nc3ccccc3n(C3C[C@H]4CCC[C@@H](C3)N4C3C[C@H]4CCC[C@@H](C3)C4)c2=O)C1=O. The number of nitrogens with one attached hydrogen (secondary N) is 1. The first-order chi connectivity index (χ1) is 17.9. The van der Waals surface area contributed by atoms with Crippen molar-refractivity contribution in [2.24, 2.45) is 11.8 Å². The number of aromatic nitrogens is 2. The van der Waals surface area contributed by atoms with Gasteiger partial charge >= 0.3 is 0 Å². The molecule has 0 spiro atoms. The van der Waals surface area contributed by atoms with Crippen LogP contribution < -0.4 is 15.8 Å². The Morgan fingerprint density at radius 2 is 1.51 bits per heavy atom. The van der Waals surface area contributed by atoms with Gasteiger partial charge in [0, 0.05) is 24.2 Å². The summed E-state index contributed by atoms with van der Waals surface area (Å²) >= 11 is 0. The Morgan fingerprint density at radius 3 is 2.19 bits per heavy atom. The molecule has 0 radical (unpaired) electrons. The summed E-state index contributed by atoms with van der Waals surface area (Å²) in [5.41, 5.74) is 0.891. The van der Waals surface area contributed by atoms with E-state index in [1.807, 2.05) is 42.7 Å². The predicted octanol–water partition coefficient (Wildman–Crippen LogP) is 4.60. The fourth-order valence-corrected chi connectivity index (χ4v) is 8.75. The van der Waals surface area contributed by atoms with E-state index in [1.54, 1.807) is 4.90 Å². The quantitative estimate of drug-likeness (QED) is 0.663. The van der Waals surface area contributed by atoms with Crippen molar-refractivity contribution in [2.75, 3.05) is 11.6 Å². The standard InChI is InChI=1S/C30H41N5O2/c1-30(2)29(37)33(18-31-30)27-28(36)35(26-12-4-3-11-25(26)32-27)24-16-21-9-6-10-22(17-24)34(21)23-14-19-7-5-8-20(13-19)15-23/h3-4,11-12,19-24,31H,5-10,13-18H2,1-2H3/t19-,20+,21-,22+,23?,24?. The van der Waals surface area contributed by atoms with Crippen LogP contribution in [0.4, 0.5) is 5.82 Å². The van der Waals surface area contributed by atoms with E-state index in [0.29, 0.717) is 18.8 Å². The van der Waals surface area contributed by atoms with E-state index >= 15 is 0 Å². The number of anilines is 1. The molecule has 1 aromatic carbocycles. The van der Waals surface area contributed by atoms with Crippen molar-refractivity contribution in [1.29, 1.82) is 0 Å². The molecule has 1 aromatic heterocycles. The van der Waals surface area contributed by atoms with Gasteiger partial charge in [-0.3, -0.25) is 24.7 Å². The molecule has 6 atom stereocenters. The van der Waals surface area contributed by atoms with Crippen LogP contribution >= 0.6 is 0 Å². The maximum Gasteiger partial charge on any atom is 0.294 e. The zero-order valence-electron chi connectivity index (χ0n) is 22.4. The van der Waals surface area contributed by atoms with E-state index in [4.69, 9.17) is 4.98 Å². The number of carbonyl (C=O) groups is 1. The molecule has 4 bridgehead atoms. The van der Waals surface area contributed by atoms with E-state index in [2.05, 4.69) is 10.2 Å². The zero-order valence-corrected chi connectivity index (χ0v) is 22.4. The molecular weight excluding hydrogens is 462 g/mol. The van der Waals surface area contributed by atoms with Crippen molar-refractivity contribution in [2.45, 2.75) is 114 Å².